The number of amides is 1. The van der Waals surface area contributed by atoms with Crippen LogP contribution in [0.15, 0.2) is 0 Å². The molecule has 2 fully saturated rings. The maximum atomic E-state index is 12.2. The van der Waals surface area contributed by atoms with Crippen LogP contribution < -0.4 is 0 Å². The minimum atomic E-state index is -0.442. The van der Waals surface area contributed by atoms with E-state index in [4.69, 9.17) is 4.74 Å². The van der Waals surface area contributed by atoms with E-state index in [2.05, 4.69) is 0 Å². The lowest BCUT2D eigenvalue weighted by atomic mass is 9.91. The van der Waals surface area contributed by atoms with Crippen molar-refractivity contribution in [1.29, 1.82) is 0 Å². The third kappa shape index (κ3) is 2.57. The lowest BCUT2D eigenvalue weighted by molar-refractivity contribution is -0.00717. The molecule has 2 saturated heterocycles. The monoisotopic (exact) mass is 241 g/mol. The van der Waals surface area contributed by atoms with Crippen LogP contribution in [0.25, 0.3) is 0 Å². The Kier molecular flexibility index (Phi) is 3.34. The molecule has 4 heteroatoms. The summed E-state index contributed by atoms with van der Waals surface area (Å²) in [5.74, 6) is 0.237. The highest BCUT2D eigenvalue weighted by atomic mass is 16.6. The molecule has 4 nitrogen and oxygen atoms in total. The van der Waals surface area contributed by atoms with Crippen molar-refractivity contribution in [2.45, 2.75) is 64.1 Å². The van der Waals surface area contributed by atoms with Crippen molar-refractivity contribution < 1.29 is 14.6 Å². The first-order chi connectivity index (χ1) is 7.92. The van der Waals surface area contributed by atoms with Crippen molar-refractivity contribution in [2.75, 3.05) is 6.61 Å². The molecule has 3 atom stereocenters. The summed E-state index contributed by atoms with van der Waals surface area (Å²) in [5, 5.41) is 9.36. The number of ether oxygens (including phenoxy) is 1. The van der Waals surface area contributed by atoms with Gasteiger partial charge in [-0.05, 0) is 46.5 Å². The van der Waals surface area contributed by atoms with Gasteiger partial charge in [0.05, 0.1) is 0 Å². The Morgan fingerprint density at radius 2 is 1.94 bits per heavy atom. The molecular formula is C13H23NO3. The highest BCUT2D eigenvalue weighted by Crippen LogP contribution is 2.39. The standard InChI is InChI=1S/C13H23NO3/c1-13(2,3)17-12(16)14-10-5-4-9(8-15)11(14)7-6-10/h9-11,15H,4-8H2,1-3H3/t9-,10+,11-/m1/s1. The fourth-order valence-corrected chi connectivity index (χ4v) is 3.07. The minimum absolute atomic E-state index is 0.177. The molecule has 0 unspecified atom stereocenters. The topological polar surface area (TPSA) is 49.8 Å². The van der Waals surface area contributed by atoms with E-state index in [0.717, 1.165) is 25.7 Å². The SMILES string of the molecule is CC(C)(C)OC(=O)N1[C@H]2CC[C@H](CO)[C@H]1CC2. The van der Waals surface area contributed by atoms with Crippen LogP contribution >= 0.6 is 0 Å². The van der Waals surface area contributed by atoms with E-state index >= 15 is 0 Å². The highest BCUT2D eigenvalue weighted by molar-refractivity contribution is 5.69. The quantitative estimate of drug-likeness (QED) is 0.765. The van der Waals surface area contributed by atoms with Gasteiger partial charge in [-0.1, -0.05) is 0 Å². The molecule has 0 aromatic rings. The Morgan fingerprint density at radius 3 is 2.53 bits per heavy atom. The molecule has 2 rings (SSSR count). The average Bonchev–Trinajstić information content (AvgIpc) is 2.52. The maximum Gasteiger partial charge on any atom is 0.410 e. The van der Waals surface area contributed by atoms with Crippen molar-refractivity contribution in [3.63, 3.8) is 0 Å². The molecule has 0 radical (unpaired) electrons. The van der Waals surface area contributed by atoms with Gasteiger partial charge in [0, 0.05) is 24.6 Å². The largest absolute Gasteiger partial charge is 0.444 e. The van der Waals surface area contributed by atoms with E-state index in [1.54, 1.807) is 0 Å². The molecular weight excluding hydrogens is 218 g/mol. The summed E-state index contributed by atoms with van der Waals surface area (Å²) in [4.78, 5) is 14.0. The van der Waals surface area contributed by atoms with Crippen LogP contribution in [0.3, 0.4) is 0 Å². The van der Waals surface area contributed by atoms with E-state index < -0.39 is 5.60 Å². The number of rotatable bonds is 1. The molecule has 2 aliphatic rings. The fourth-order valence-electron chi connectivity index (χ4n) is 3.07. The van der Waals surface area contributed by atoms with Crippen molar-refractivity contribution in [1.82, 2.24) is 4.90 Å². The third-order valence-corrected chi connectivity index (χ3v) is 3.80. The molecule has 0 aromatic carbocycles. The zero-order valence-corrected chi connectivity index (χ0v) is 11.0. The number of fused-ring (bicyclic) bond motifs is 2. The van der Waals surface area contributed by atoms with Crippen molar-refractivity contribution >= 4 is 6.09 Å². The average molecular weight is 241 g/mol. The third-order valence-electron chi connectivity index (χ3n) is 3.80. The van der Waals surface area contributed by atoms with Crippen LogP contribution in [0.4, 0.5) is 4.79 Å². The van der Waals surface area contributed by atoms with Gasteiger partial charge in [-0.3, -0.25) is 0 Å². The lowest BCUT2D eigenvalue weighted by Crippen LogP contribution is -2.50. The Morgan fingerprint density at radius 1 is 1.29 bits per heavy atom. The molecule has 1 amide bonds. The second-order valence-corrected chi connectivity index (χ2v) is 6.21. The second-order valence-electron chi connectivity index (χ2n) is 6.21. The van der Waals surface area contributed by atoms with Gasteiger partial charge in [0.25, 0.3) is 0 Å². The minimum Gasteiger partial charge on any atom is -0.444 e. The Labute approximate surface area is 103 Å². The maximum absolute atomic E-state index is 12.2. The highest BCUT2D eigenvalue weighted by Gasteiger charge is 2.45. The molecule has 17 heavy (non-hydrogen) atoms. The molecule has 0 saturated carbocycles. The Bertz CT molecular complexity index is 298. The van der Waals surface area contributed by atoms with Gasteiger partial charge < -0.3 is 14.7 Å². The van der Waals surface area contributed by atoms with Gasteiger partial charge in [-0.25, -0.2) is 4.79 Å². The molecule has 2 aliphatic heterocycles. The first kappa shape index (κ1) is 12.7. The zero-order chi connectivity index (χ0) is 12.6. The fraction of sp³-hybridized carbons (Fsp3) is 0.923. The van der Waals surface area contributed by atoms with E-state index in [9.17, 15) is 9.90 Å². The summed E-state index contributed by atoms with van der Waals surface area (Å²) in [6.45, 7) is 5.84. The Balaban J connectivity index is 2.07. The smallest absolute Gasteiger partial charge is 0.410 e. The predicted molar refractivity (Wildman–Crippen MR) is 64.7 cm³/mol. The number of nitrogens with zero attached hydrogens (tertiary/aromatic N) is 1. The number of piperidine rings is 1. The van der Waals surface area contributed by atoms with Crippen molar-refractivity contribution in [2.24, 2.45) is 5.92 Å². The molecule has 2 heterocycles. The molecule has 0 aliphatic carbocycles. The van der Waals surface area contributed by atoms with Gasteiger partial charge in [-0.2, -0.15) is 0 Å². The van der Waals surface area contributed by atoms with Gasteiger partial charge >= 0.3 is 6.09 Å². The summed E-state index contributed by atoms with van der Waals surface area (Å²) in [6, 6.07) is 0.520. The summed E-state index contributed by atoms with van der Waals surface area (Å²) in [5.41, 5.74) is -0.442. The summed E-state index contributed by atoms with van der Waals surface area (Å²) >= 11 is 0. The van der Waals surface area contributed by atoms with Crippen LogP contribution in [-0.2, 0) is 4.74 Å². The molecule has 0 spiro atoms. The predicted octanol–water partition coefficient (Wildman–Crippen LogP) is 2.16. The number of hydrogen-bond donors (Lipinski definition) is 1. The molecule has 0 aromatic heterocycles. The number of aliphatic hydroxyl groups is 1. The van der Waals surface area contributed by atoms with Crippen LogP contribution in [0.1, 0.15) is 46.5 Å². The van der Waals surface area contributed by atoms with Crippen LogP contribution in [0.5, 0.6) is 0 Å². The molecule has 2 bridgehead atoms. The Hall–Kier alpha value is -0.770. The first-order valence-corrected chi connectivity index (χ1v) is 6.54. The molecule has 1 N–H and O–H groups in total. The van der Waals surface area contributed by atoms with Gasteiger partial charge in [0.1, 0.15) is 5.60 Å². The first-order valence-electron chi connectivity index (χ1n) is 6.54. The van der Waals surface area contributed by atoms with Crippen molar-refractivity contribution in [3.05, 3.63) is 0 Å². The lowest BCUT2D eigenvalue weighted by Gasteiger charge is -2.39. The zero-order valence-electron chi connectivity index (χ0n) is 11.0. The van der Waals surface area contributed by atoms with Crippen molar-refractivity contribution in [3.8, 4) is 0 Å². The van der Waals surface area contributed by atoms with Gasteiger partial charge in [0.15, 0.2) is 0 Å². The van der Waals surface area contributed by atoms with E-state index in [-0.39, 0.29) is 24.7 Å². The van der Waals surface area contributed by atoms with Gasteiger partial charge in [0.2, 0.25) is 0 Å². The second kappa shape index (κ2) is 4.48. The molecule has 98 valence electrons. The number of hydrogen-bond acceptors (Lipinski definition) is 3. The van der Waals surface area contributed by atoms with Crippen LogP contribution in [0, 0.1) is 5.92 Å². The normalized spacial score (nSPS) is 32.7. The van der Waals surface area contributed by atoms with Crippen LogP contribution in [0.2, 0.25) is 0 Å². The van der Waals surface area contributed by atoms with Gasteiger partial charge in [-0.15, -0.1) is 0 Å². The van der Waals surface area contributed by atoms with E-state index in [1.807, 2.05) is 25.7 Å². The summed E-state index contributed by atoms with van der Waals surface area (Å²) in [6.07, 6.45) is 3.89. The number of aliphatic hydroxyl groups excluding tert-OH is 1. The van der Waals surface area contributed by atoms with E-state index in [0.29, 0.717) is 6.04 Å². The summed E-state index contributed by atoms with van der Waals surface area (Å²) in [7, 11) is 0. The number of carbonyl (C=O) groups excluding carboxylic acids is 1. The number of carbonyl (C=O) groups is 1. The van der Waals surface area contributed by atoms with Crippen LogP contribution in [-0.4, -0.2) is 40.4 Å². The van der Waals surface area contributed by atoms with E-state index in [1.165, 1.54) is 0 Å². The summed E-state index contributed by atoms with van der Waals surface area (Å²) < 4.78 is 5.46.